The average Bonchev–Trinajstić information content (AvgIpc) is 2.68. The second kappa shape index (κ2) is 5.47. The lowest BCUT2D eigenvalue weighted by molar-refractivity contribution is 0.313. The molecule has 1 unspecified atom stereocenters. The Bertz CT molecular complexity index is 594. The third kappa shape index (κ3) is 3.05. The summed E-state index contributed by atoms with van der Waals surface area (Å²) in [6.07, 6.45) is 3.04. The molecule has 0 aliphatic heterocycles. The highest BCUT2D eigenvalue weighted by Crippen LogP contribution is 2.37. The van der Waals surface area contributed by atoms with E-state index in [2.05, 4.69) is 18.6 Å². The number of aryl methyl sites for hydroxylation is 1. The molecule has 1 aliphatic rings. The van der Waals surface area contributed by atoms with E-state index in [0.717, 1.165) is 30.4 Å². The fourth-order valence-electron chi connectivity index (χ4n) is 2.87. The topological polar surface area (TPSA) is 72.2 Å². The van der Waals surface area contributed by atoms with Gasteiger partial charge in [-0.1, -0.05) is 26.3 Å². The summed E-state index contributed by atoms with van der Waals surface area (Å²) < 4.78 is 27.8. The van der Waals surface area contributed by atoms with E-state index < -0.39 is 10.0 Å². The van der Waals surface area contributed by atoms with Gasteiger partial charge in [0.1, 0.15) is 0 Å². The average molecular weight is 296 g/mol. The van der Waals surface area contributed by atoms with Crippen molar-refractivity contribution in [2.75, 3.05) is 0 Å². The van der Waals surface area contributed by atoms with E-state index >= 15 is 0 Å². The molecule has 5 heteroatoms. The van der Waals surface area contributed by atoms with Crippen LogP contribution in [0, 0.1) is 12.3 Å². The second-order valence-electron chi connectivity index (χ2n) is 6.35. The van der Waals surface area contributed by atoms with Crippen LogP contribution in [0.25, 0.3) is 0 Å². The standard InChI is InChI=1S/C15H24N2O2S/c1-11-9-13(7-6-12(11)10-16)20(18,19)17-14-5-4-8-15(14,2)3/h6-7,9,14,17H,4-5,8,10,16H2,1-3H3. The Kier molecular flexibility index (Phi) is 4.23. The first-order valence-electron chi connectivity index (χ1n) is 7.08. The molecule has 0 spiro atoms. The molecule has 0 saturated heterocycles. The minimum absolute atomic E-state index is 0.0157. The summed E-state index contributed by atoms with van der Waals surface area (Å²) in [7, 11) is -3.45. The molecule has 1 saturated carbocycles. The zero-order valence-corrected chi connectivity index (χ0v) is 13.3. The van der Waals surface area contributed by atoms with Gasteiger partial charge in [-0.25, -0.2) is 13.1 Å². The lowest BCUT2D eigenvalue weighted by Crippen LogP contribution is -2.41. The summed E-state index contributed by atoms with van der Waals surface area (Å²) in [4.78, 5) is 0.329. The van der Waals surface area contributed by atoms with Gasteiger partial charge < -0.3 is 5.73 Å². The summed E-state index contributed by atoms with van der Waals surface area (Å²) in [5.74, 6) is 0. The zero-order chi connectivity index (χ0) is 15.0. The third-order valence-electron chi connectivity index (χ3n) is 4.40. The Morgan fingerprint density at radius 1 is 1.40 bits per heavy atom. The van der Waals surface area contributed by atoms with Crippen LogP contribution in [0.15, 0.2) is 23.1 Å². The molecule has 0 bridgehead atoms. The number of hydrogen-bond acceptors (Lipinski definition) is 3. The second-order valence-corrected chi connectivity index (χ2v) is 8.06. The van der Waals surface area contributed by atoms with Crippen LogP contribution in [0.5, 0.6) is 0 Å². The highest BCUT2D eigenvalue weighted by molar-refractivity contribution is 7.89. The van der Waals surface area contributed by atoms with E-state index in [9.17, 15) is 8.42 Å². The first-order chi connectivity index (χ1) is 9.26. The van der Waals surface area contributed by atoms with Gasteiger partial charge in [0.15, 0.2) is 0 Å². The number of rotatable bonds is 4. The predicted molar refractivity (Wildman–Crippen MR) is 80.8 cm³/mol. The fraction of sp³-hybridized carbons (Fsp3) is 0.600. The fourth-order valence-corrected chi connectivity index (χ4v) is 4.39. The van der Waals surface area contributed by atoms with Gasteiger partial charge in [-0.15, -0.1) is 0 Å². The van der Waals surface area contributed by atoms with Crippen molar-refractivity contribution in [1.29, 1.82) is 0 Å². The molecule has 1 fully saturated rings. The summed E-state index contributed by atoms with van der Waals surface area (Å²) >= 11 is 0. The molecule has 3 N–H and O–H groups in total. The SMILES string of the molecule is Cc1cc(S(=O)(=O)NC2CCCC2(C)C)ccc1CN. The van der Waals surface area contributed by atoms with E-state index in [-0.39, 0.29) is 11.5 Å². The first-order valence-corrected chi connectivity index (χ1v) is 8.56. The van der Waals surface area contributed by atoms with E-state index in [1.54, 1.807) is 18.2 Å². The number of nitrogens with one attached hydrogen (secondary N) is 1. The molecule has 2 rings (SSSR count). The van der Waals surface area contributed by atoms with Crippen LogP contribution in [0.2, 0.25) is 0 Å². The van der Waals surface area contributed by atoms with Gasteiger partial charge in [0, 0.05) is 12.6 Å². The smallest absolute Gasteiger partial charge is 0.240 e. The van der Waals surface area contributed by atoms with Gasteiger partial charge >= 0.3 is 0 Å². The molecule has 20 heavy (non-hydrogen) atoms. The lowest BCUT2D eigenvalue weighted by Gasteiger charge is -2.27. The molecule has 1 aromatic rings. The summed E-state index contributed by atoms with van der Waals surface area (Å²) in [5, 5.41) is 0. The highest BCUT2D eigenvalue weighted by Gasteiger charge is 2.37. The lowest BCUT2D eigenvalue weighted by atomic mass is 9.88. The Balaban J connectivity index is 2.25. The van der Waals surface area contributed by atoms with Crippen LogP contribution in [0.4, 0.5) is 0 Å². The molecule has 1 aromatic carbocycles. The normalized spacial score (nSPS) is 22.1. The maximum atomic E-state index is 12.5. The molecular weight excluding hydrogens is 272 g/mol. The molecule has 0 aromatic heterocycles. The van der Waals surface area contributed by atoms with Crippen LogP contribution in [0.3, 0.4) is 0 Å². The zero-order valence-electron chi connectivity index (χ0n) is 12.4. The molecule has 4 nitrogen and oxygen atoms in total. The monoisotopic (exact) mass is 296 g/mol. The third-order valence-corrected chi connectivity index (χ3v) is 5.87. The Labute approximate surface area is 121 Å². The van der Waals surface area contributed by atoms with Crippen molar-refractivity contribution in [3.8, 4) is 0 Å². The van der Waals surface area contributed by atoms with Crippen LogP contribution in [-0.2, 0) is 16.6 Å². The van der Waals surface area contributed by atoms with E-state index in [1.807, 2.05) is 6.92 Å². The number of hydrogen-bond donors (Lipinski definition) is 2. The van der Waals surface area contributed by atoms with Crippen molar-refractivity contribution in [3.63, 3.8) is 0 Å². The van der Waals surface area contributed by atoms with Gasteiger partial charge in [-0.3, -0.25) is 0 Å². The summed E-state index contributed by atoms with van der Waals surface area (Å²) in [6.45, 7) is 6.56. The largest absolute Gasteiger partial charge is 0.326 e. The van der Waals surface area contributed by atoms with Crippen LogP contribution < -0.4 is 10.5 Å². The van der Waals surface area contributed by atoms with Crippen molar-refractivity contribution < 1.29 is 8.42 Å². The molecule has 0 radical (unpaired) electrons. The van der Waals surface area contributed by atoms with Gasteiger partial charge in [0.25, 0.3) is 0 Å². The van der Waals surface area contributed by atoms with Gasteiger partial charge in [-0.2, -0.15) is 0 Å². The first kappa shape index (κ1) is 15.5. The molecule has 1 atom stereocenters. The quantitative estimate of drug-likeness (QED) is 0.895. The van der Waals surface area contributed by atoms with E-state index in [4.69, 9.17) is 5.73 Å². The van der Waals surface area contributed by atoms with E-state index in [0.29, 0.717) is 11.4 Å². The molecule has 0 heterocycles. The number of benzene rings is 1. The van der Waals surface area contributed by atoms with Crippen molar-refractivity contribution in [2.45, 2.75) is 57.5 Å². The number of nitrogens with two attached hydrogens (primary N) is 1. The van der Waals surface area contributed by atoms with Crippen molar-refractivity contribution >= 4 is 10.0 Å². The van der Waals surface area contributed by atoms with E-state index in [1.165, 1.54) is 0 Å². The van der Waals surface area contributed by atoms with Crippen molar-refractivity contribution in [3.05, 3.63) is 29.3 Å². The maximum Gasteiger partial charge on any atom is 0.240 e. The Morgan fingerprint density at radius 2 is 2.10 bits per heavy atom. The minimum Gasteiger partial charge on any atom is -0.326 e. The molecule has 112 valence electrons. The van der Waals surface area contributed by atoms with Crippen LogP contribution in [-0.4, -0.2) is 14.5 Å². The summed E-state index contributed by atoms with van der Waals surface area (Å²) in [6, 6.07) is 5.15. The van der Waals surface area contributed by atoms with Gasteiger partial charge in [0.2, 0.25) is 10.0 Å². The summed E-state index contributed by atoms with van der Waals surface area (Å²) in [5.41, 5.74) is 7.53. The minimum atomic E-state index is -3.45. The maximum absolute atomic E-state index is 12.5. The van der Waals surface area contributed by atoms with Crippen LogP contribution >= 0.6 is 0 Å². The van der Waals surface area contributed by atoms with Crippen molar-refractivity contribution in [1.82, 2.24) is 4.72 Å². The molecular formula is C15H24N2O2S. The molecule has 0 amide bonds. The molecule has 1 aliphatic carbocycles. The Morgan fingerprint density at radius 3 is 2.60 bits per heavy atom. The van der Waals surface area contributed by atoms with Crippen LogP contribution in [0.1, 0.15) is 44.2 Å². The highest BCUT2D eigenvalue weighted by atomic mass is 32.2. The van der Waals surface area contributed by atoms with Gasteiger partial charge in [-0.05, 0) is 48.4 Å². The van der Waals surface area contributed by atoms with Crippen molar-refractivity contribution in [2.24, 2.45) is 11.1 Å². The van der Waals surface area contributed by atoms with Gasteiger partial charge in [0.05, 0.1) is 4.90 Å². The predicted octanol–water partition coefficient (Wildman–Crippen LogP) is 2.31. The Hall–Kier alpha value is -0.910. The number of sulfonamides is 1.